The molecule has 9 heteroatoms. The van der Waals surface area contributed by atoms with Gasteiger partial charge in [-0.15, -0.1) is 0 Å². The summed E-state index contributed by atoms with van der Waals surface area (Å²) in [5.41, 5.74) is 7.87. The largest absolute Gasteiger partial charge is 0.353 e. The average molecular weight is 494 g/mol. The Kier molecular flexibility index (Phi) is 8.66. The fourth-order valence-electron chi connectivity index (χ4n) is 4.93. The van der Waals surface area contributed by atoms with Crippen molar-refractivity contribution in [2.45, 2.75) is 50.7 Å². The van der Waals surface area contributed by atoms with Gasteiger partial charge in [-0.1, -0.05) is 42.5 Å². The number of nitrogens with one attached hydrogen (secondary N) is 1. The second kappa shape index (κ2) is 12.1. The zero-order valence-electron chi connectivity index (χ0n) is 20.6. The maximum absolute atomic E-state index is 13.1. The summed E-state index contributed by atoms with van der Waals surface area (Å²) in [5.74, 6) is 0.00528. The summed E-state index contributed by atoms with van der Waals surface area (Å²) in [5, 5.41) is 14.0. The number of carbonyl (C=O) groups excluding carboxylic acids is 2. The van der Waals surface area contributed by atoms with Crippen molar-refractivity contribution in [3.8, 4) is 0 Å². The summed E-state index contributed by atoms with van der Waals surface area (Å²) in [6, 6.07) is 16.5. The van der Waals surface area contributed by atoms with Gasteiger partial charge in [0.05, 0.1) is 4.92 Å². The maximum atomic E-state index is 13.1. The van der Waals surface area contributed by atoms with Gasteiger partial charge in [0.15, 0.2) is 0 Å². The summed E-state index contributed by atoms with van der Waals surface area (Å²) in [7, 11) is 0. The minimum Gasteiger partial charge on any atom is -0.353 e. The molecule has 2 aromatic rings. The molecule has 2 atom stereocenters. The smallest absolute Gasteiger partial charge is 0.269 e. The van der Waals surface area contributed by atoms with E-state index in [0.29, 0.717) is 32.6 Å². The lowest BCUT2D eigenvalue weighted by atomic mass is 9.93. The maximum Gasteiger partial charge on any atom is 0.269 e. The van der Waals surface area contributed by atoms with E-state index in [-0.39, 0.29) is 29.5 Å². The fraction of sp³-hybridized carbons (Fsp3) is 0.481. The van der Waals surface area contributed by atoms with Crippen molar-refractivity contribution in [1.82, 2.24) is 15.1 Å². The number of hydrogen-bond donors (Lipinski definition) is 2. The molecule has 1 saturated carbocycles. The fourth-order valence-corrected chi connectivity index (χ4v) is 4.93. The highest BCUT2D eigenvalue weighted by atomic mass is 16.6. The normalized spacial score (nSPS) is 19.8. The van der Waals surface area contributed by atoms with Crippen molar-refractivity contribution in [2.24, 2.45) is 11.7 Å². The average Bonchev–Trinajstić information content (AvgIpc) is 3.75. The quantitative estimate of drug-likeness (QED) is 0.366. The van der Waals surface area contributed by atoms with E-state index in [1.807, 2.05) is 18.2 Å². The van der Waals surface area contributed by atoms with Crippen LogP contribution in [0.25, 0.3) is 0 Å². The number of nitrogens with two attached hydrogens (primary N) is 1. The van der Waals surface area contributed by atoms with Crippen LogP contribution < -0.4 is 11.1 Å². The third-order valence-electron chi connectivity index (χ3n) is 7.11. The van der Waals surface area contributed by atoms with Gasteiger partial charge < -0.3 is 16.0 Å². The van der Waals surface area contributed by atoms with Gasteiger partial charge in [-0.3, -0.25) is 24.6 Å². The molecule has 2 aromatic carbocycles. The van der Waals surface area contributed by atoms with Crippen molar-refractivity contribution >= 4 is 17.5 Å². The summed E-state index contributed by atoms with van der Waals surface area (Å²) in [6.07, 6.45) is 3.98. The van der Waals surface area contributed by atoms with E-state index in [9.17, 15) is 19.7 Å². The number of nitro groups is 1. The van der Waals surface area contributed by atoms with Crippen LogP contribution in [0.15, 0.2) is 54.6 Å². The molecule has 0 spiro atoms. The van der Waals surface area contributed by atoms with Crippen LogP contribution in [0, 0.1) is 16.0 Å². The number of hydrogen-bond acceptors (Lipinski definition) is 6. The topological polar surface area (TPSA) is 122 Å². The molecule has 36 heavy (non-hydrogen) atoms. The number of nitro benzene ring substituents is 1. The van der Waals surface area contributed by atoms with Crippen LogP contribution in [-0.2, 0) is 22.6 Å². The second-order valence-corrected chi connectivity index (χ2v) is 9.71. The second-order valence-electron chi connectivity index (χ2n) is 9.71. The van der Waals surface area contributed by atoms with Gasteiger partial charge in [0.2, 0.25) is 11.8 Å². The Labute approximate surface area is 211 Å². The first-order chi connectivity index (χ1) is 17.5. The molecule has 0 aromatic heterocycles. The predicted molar refractivity (Wildman–Crippen MR) is 137 cm³/mol. The minimum atomic E-state index is -0.514. The van der Waals surface area contributed by atoms with Crippen molar-refractivity contribution in [1.29, 1.82) is 0 Å². The number of likely N-dealkylation sites (tertiary alicyclic amines) is 1. The molecule has 0 radical (unpaired) electrons. The molecule has 2 fully saturated rings. The van der Waals surface area contributed by atoms with Crippen LogP contribution in [0.2, 0.25) is 0 Å². The lowest BCUT2D eigenvalue weighted by Gasteiger charge is -2.43. The molecule has 9 nitrogen and oxygen atoms in total. The summed E-state index contributed by atoms with van der Waals surface area (Å²) in [6.45, 7) is 2.67. The zero-order chi connectivity index (χ0) is 25.5. The van der Waals surface area contributed by atoms with Gasteiger partial charge >= 0.3 is 0 Å². The highest BCUT2D eigenvalue weighted by Gasteiger charge is 2.42. The Hall–Kier alpha value is -3.30. The van der Waals surface area contributed by atoms with E-state index in [4.69, 9.17) is 5.73 Å². The number of piperidine rings is 1. The Bertz CT molecular complexity index is 1040. The van der Waals surface area contributed by atoms with E-state index in [1.54, 1.807) is 17.0 Å². The van der Waals surface area contributed by atoms with Gasteiger partial charge in [0, 0.05) is 56.8 Å². The monoisotopic (exact) mass is 493 g/mol. The van der Waals surface area contributed by atoms with Gasteiger partial charge in [-0.2, -0.15) is 0 Å². The van der Waals surface area contributed by atoms with E-state index in [0.717, 1.165) is 37.8 Å². The van der Waals surface area contributed by atoms with Crippen LogP contribution in [0.3, 0.4) is 0 Å². The van der Waals surface area contributed by atoms with Crippen molar-refractivity contribution in [2.75, 3.05) is 26.2 Å². The number of benzene rings is 2. The summed E-state index contributed by atoms with van der Waals surface area (Å²) >= 11 is 0. The summed E-state index contributed by atoms with van der Waals surface area (Å²) < 4.78 is 0. The van der Waals surface area contributed by atoms with Gasteiger partial charge in [-0.05, 0) is 43.2 Å². The molecule has 1 unspecified atom stereocenters. The molecule has 4 rings (SSSR count). The third kappa shape index (κ3) is 6.67. The molecule has 1 saturated heterocycles. The van der Waals surface area contributed by atoms with E-state index in [2.05, 4.69) is 22.3 Å². The lowest BCUT2D eigenvalue weighted by molar-refractivity contribution is -0.384. The van der Waals surface area contributed by atoms with Crippen molar-refractivity contribution in [3.05, 3.63) is 75.8 Å². The summed E-state index contributed by atoms with van der Waals surface area (Å²) in [4.78, 5) is 40.9. The van der Waals surface area contributed by atoms with Crippen molar-refractivity contribution in [3.63, 3.8) is 0 Å². The molecular formula is C27H35N5O4. The predicted octanol–water partition coefficient (Wildman–Crippen LogP) is 2.48. The van der Waals surface area contributed by atoms with Crippen molar-refractivity contribution < 1.29 is 14.5 Å². The first-order valence-corrected chi connectivity index (χ1v) is 12.8. The van der Waals surface area contributed by atoms with Crippen LogP contribution in [0.1, 0.15) is 36.8 Å². The Morgan fingerprint density at radius 3 is 2.42 bits per heavy atom. The van der Waals surface area contributed by atoms with Gasteiger partial charge in [0.1, 0.15) is 6.04 Å². The molecule has 1 aliphatic heterocycles. The van der Waals surface area contributed by atoms with Crippen LogP contribution in [-0.4, -0.2) is 64.8 Å². The molecule has 2 aliphatic rings. The van der Waals surface area contributed by atoms with E-state index >= 15 is 0 Å². The van der Waals surface area contributed by atoms with E-state index < -0.39 is 11.0 Å². The van der Waals surface area contributed by atoms with Gasteiger partial charge in [0.25, 0.3) is 5.69 Å². The molecular weight excluding hydrogens is 458 g/mol. The lowest BCUT2D eigenvalue weighted by Crippen LogP contribution is -2.58. The van der Waals surface area contributed by atoms with Crippen LogP contribution in [0.5, 0.6) is 0 Å². The number of non-ortho nitro benzene ring substituents is 1. The molecule has 3 N–H and O–H groups in total. The standard InChI is InChI=1S/C27H35N5O4/c28-14-15-29-26(33)25-18-24(13-17-31(25)27(34)22-8-9-22)30(16-12-20-4-2-1-3-5-20)19-21-6-10-23(11-7-21)32(35)36/h1-7,10-11,22,24-25H,8-9,12-19,28H2,(H,29,33)/t24?,25-/m1/s1. The number of nitrogens with zero attached hydrogens (tertiary/aromatic N) is 3. The first kappa shape index (κ1) is 25.8. The SMILES string of the molecule is NCCNC(=O)[C@H]1CC(N(CCc2ccccc2)Cc2ccc([N+](=O)[O-])cc2)CCN1C(=O)C1CC1. The Morgan fingerprint density at radius 1 is 1.06 bits per heavy atom. The molecule has 0 bridgehead atoms. The van der Waals surface area contributed by atoms with Crippen LogP contribution >= 0.6 is 0 Å². The minimum absolute atomic E-state index is 0.0562. The Balaban J connectivity index is 1.52. The molecule has 1 aliphatic carbocycles. The molecule has 1 heterocycles. The third-order valence-corrected chi connectivity index (χ3v) is 7.11. The first-order valence-electron chi connectivity index (χ1n) is 12.8. The zero-order valence-corrected chi connectivity index (χ0v) is 20.6. The van der Waals surface area contributed by atoms with E-state index in [1.165, 1.54) is 17.7 Å². The Morgan fingerprint density at radius 2 is 1.78 bits per heavy atom. The number of rotatable bonds is 11. The molecule has 2 amide bonds. The highest BCUT2D eigenvalue weighted by molar-refractivity contribution is 5.89. The molecule has 192 valence electrons. The number of carbonyl (C=O) groups is 2. The van der Waals surface area contributed by atoms with Crippen LogP contribution in [0.4, 0.5) is 5.69 Å². The number of amides is 2. The highest BCUT2D eigenvalue weighted by Crippen LogP contribution is 2.34. The van der Waals surface area contributed by atoms with Gasteiger partial charge in [-0.25, -0.2) is 0 Å².